The lowest BCUT2D eigenvalue weighted by atomic mass is 9.89. The number of carbonyl (C=O) groups is 1. The van der Waals surface area contributed by atoms with Gasteiger partial charge in [0, 0.05) is 37.0 Å². The lowest BCUT2D eigenvalue weighted by Crippen LogP contribution is -2.38. The fraction of sp³-hybridized carbons (Fsp3) is 0.333. The Morgan fingerprint density at radius 3 is 2.83 bits per heavy atom. The highest BCUT2D eigenvalue weighted by atomic mass is 19.1. The van der Waals surface area contributed by atoms with Gasteiger partial charge in [-0.05, 0) is 73.8 Å². The molecule has 1 aliphatic heterocycles. The molecular formula is C24H26FN3O2. The molecule has 0 radical (unpaired) electrons. The number of rotatable bonds is 6. The third-order valence-corrected chi connectivity index (χ3v) is 5.80. The number of benzene rings is 2. The SMILES string of the molecule is COc1ccc(C(=O)C2CCCN(Cc3ccc(-n4cccn4)cc3C)C2)cc1F. The molecule has 0 aliphatic carbocycles. The number of hydrogen-bond donors (Lipinski definition) is 0. The summed E-state index contributed by atoms with van der Waals surface area (Å²) in [6.45, 7) is 4.55. The predicted octanol–water partition coefficient (Wildman–Crippen LogP) is 4.42. The molecule has 1 fully saturated rings. The first kappa shape index (κ1) is 20.3. The number of halogens is 1. The molecule has 4 rings (SSSR count). The molecule has 1 aliphatic rings. The minimum Gasteiger partial charge on any atom is -0.494 e. The molecule has 6 heteroatoms. The number of ether oxygens (including phenoxy) is 1. The molecule has 1 unspecified atom stereocenters. The summed E-state index contributed by atoms with van der Waals surface area (Å²) in [4.78, 5) is 15.3. The summed E-state index contributed by atoms with van der Waals surface area (Å²) in [7, 11) is 1.42. The van der Waals surface area contributed by atoms with Crippen LogP contribution in [0, 0.1) is 18.7 Å². The van der Waals surface area contributed by atoms with Crippen molar-refractivity contribution < 1.29 is 13.9 Å². The van der Waals surface area contributed by atoms with Gasteiger partial charge in [0.05, 0.1) is 12.8 Å². The van der Waals surface area contributed by atoms with Crippen LogP contribution >= 0.6 is 0 Å². The number of aryl methyl sites for hydroxylation is 1. The number of Topliss-reactive ketones (excluding diaryl/α,β-unsaturated/α-hetero) is 1. The summed E-state index contributed by atoms with van der Waals surface area (Å²) >= 11 is 0. The molecule has 0 spiro atoms. The molecule has 2 aromatic carbocycles. The summed E-state index contributed by atoms with van der Waals surface area (Å²) in [6, 6.07) is 12.7. The third-order valence-electron chi connectivity index (χ3n) is 5.80. The fourth-order valence-electron chi connectivity index (χ4n) is 4.13. The molecule has 1 saturated heterocycles. The first-order valence-electron chi connectivity index (χ1n) is 10.2. The Morgan fingerprint density at radius 2 is 2.13 bits per heavy atom. The molecule has 1 aromatic heterocycles. The topological polar surface area (TPSA) is 47.4 Å². The number of methoxy groups -OCH3 is 1. The summed E-state index contributed by atoms with van der Waals surface area (Å²) in [5.74, 6) is -0.447. The van der Waals surface area contributed by atoms with E-state index in [-0.39, 0.29) is 17.5 Å². The second-order valence-corrected chi connectivity index (χ2v) is 7.85. The van der Waals surface area contributed by atoms with Crippen molar-refractivity contribution in [3.05, 3.63) is 77.4 Å². The monoisotopic (exact) mass is 407 g/mol. The van der Waals surface area contributed by atoms with E-state index in [1.54, 1.807) is 12.3 Å². The zero-order chi connectivity index (χ0) is 21.1. The first-order chi connectivity index (χ1) is 14.5. The molecule has 0 amide bonds. The van der Waals surface area contributed by atoms with E-state index >= 15 is 0 Å². The maximum absolute atomic E-state index is 14.0. The highest BCUT2D eigenvalue weighted by Crippen LogP contribution is 2.26. The second-order valence-electron chi connectivity index (χ2n) is 7.85. The number of piperidine rings is 1. The Kier molecular flexibility index (Phi) is 5.95. The molecule has 1 atom stereocenters. The van der Waals surface area contributed by atoms with Crippen LogP contribution in [0.15, 0.2) is 54.9 Å². The molecule has 30 heavy (non-hydrogen) atoms. The van der Waals surface area contributed by atoms with Crippen LogP contribution in [0.3, 0.4) is 0 Å². The number of ketones is 1. The number of hydrogen-bond acceptors (Lipinski definition) is 4. The van der Waals surface area contributed by atoms with E-state index in [0.29, 0.717) is 12.1 Å². The molecule has 0 N–H and O–H groups in total. The van der Waals surface area contributed by atoms with Crippen LogP contribution in [0.2, 0.25) is 0 Å². The van der Waals surface area contributed by atoms with Gasteiger partial charge in [0.25, 0.3) is 0 Å². The Labute approximate surface area is 176 Å². The van der Waals surface area contributed by atoms with Gasteiger partial charge in [-0.2, -0.15) is 5.10 Å². The number of carbonyl (C=O) groups excluding carboxylic acids is 1. The van der Waals surface area contributed by atoms with Crippen molar-refractivity contribution in [3.8, 4) is 11.4 Å². The van der Waals surface area contributed by atoms with Crippen LogP contribution in [-0.2, 0) is 6.54 Å². The van der Waals surface area contributed by atoms with Gasteiger partial charge >= 0.3 is 0 Å². The smallest absolute Gasteiger partial charge is 0.167 e. The van der Waals surface area contributed by atoms with Crippen molar-refractivity contribution >= 4 is 5.78 Å². The summed E-state index contributed by atoms with van der Waals surface area (Å²) in [5, 5.41) is 4.28. The number of aromatic nitrogens is 2. The van der Waals surface area contributed by atoms with Gasteiger partial charge in [0.2, 0.25) is 0 Å². The van der Waals surface area contributed by atoms with Crippen molar-refractivity contribution in [2.24, 2.45) is 5.92 Å². The standard InChI is InChI=1S/C24H26FN3O2/c1-17-13-21(28-12-4-10-26-28)8-6-19(17)15-27-11-3-5-20(16-27)24(29)18-7-9-23(30-2)22(25)14-18/h4,6-10,12-14,20H,3,5,11,15-16H2,1-2H3. The molecule has 5 nitrogen and oxygen atoms in total. The second kappa shape index (κ2) is 8.79. The summed E-state index contributed by atoms with van der Waals surface area (Å²) < 4.78 is 20.8. The van der Waals surface area contributed by atoms with Crippen LogP contribution in [0.5, 0.6) is 5.75 Å². The molecule has 0 bridgehead atoms. The third kappa shape index (κ3) is 4.28. The van der Waals surface area contributed by atoms with E-state index in [4.69, 9.17) is 4.74 Å². The van der Waals surface area contributed by atoms with Crippen LogP contribution in [0.1, 0.15) is 34.3 Å². The minimum absolute atomic E-state index is 0.00649. The maximum atomic E-state index is 14.0. The average molecular weight is 407 g/mol. The van der Waals surface area contributed by atoms with Crippen LogP contribution in [-0.4, -0.2) is 40.7 Å². The first-order valence-corrected chi connectivity index (χ1v) is 10.2. The van der Waals surface area contributed by atoms with Gasteiger partial charge in [-0.1, -0.05) is 6.07 Å². The Balaban J connectivity index is 1.44. The highest BCUT2D eigenvalue weighted by Gasteiger charge is 2.27. The zero-order valence-corrected chi connectivity index (χ0v) is 17.3. The molecular weight excluding hydrogens is 381 g/mol. The van der Waals surface area contributed by atoms with Gasteiger partial charge in [-0.25, -0.2) is 9.07 Å². The van der Waals surface area contributed by atoms with Crippen LogP contribution < -0.4 is 4.74 Å². The predicted molar refractivity (Wildman–Crippen MR) is 114 cm³/mol. The van der Waals surface area contributed by atoms with Crippen LogP contribution in [0.4, 0.5) is 4.39 Å². The van der Waals surface area contributed by atoms with Crippen molar-refractivity contribution in [3.63, 3.8) is 0 Å². The van der Waals surface area contributed by atoms with Gasteiger partial charge in [0.15, 0.2) is 17.3 Å². The minimum atomic E-state index is -0.496. The van der Waals surface area contributed by atoms with Crippen molar-refractivity contribution in [2.75, 3.05) is 20.2 Å². The lowest BCUT2D eigenvalue weighted by molar-refractivity contribution is 0.0811. The molecule has 0 saturated carbocycles. The van der Waals surface area contributed by atoms with E-state index in [1.807, 2.05) is 16.9 Å². The van der Waals surface area contributed by atoms with Crippen LogP contribution in [0.25, 0.3) is 5.69 Å². The molecule has 3 aromatic rings. The normalized spacial score (nSPS) is 17.1. The van der Waals surface area contributed by atoms with E-state index in [1.165, 1.54) is 30.4 Å². The number of nitrogens with zero attached hydrogens (tertiary/aromatic N) is 3. The van der Waals surface area contributed by atoms with Crippen molar-refractivity contribution in [1.82, 2.24) is 14.7 Å². The Morgan fingerprint density at radius 1 is 1.27 bits per heavy atom. The Hall–Kier alpha value is -2.99. The van der Waals surface area contributed by atoms with Gasteiger partial charge in [-0.15, -0.1) is 0 Å². The largest absolute Gasteiger partial charge is 0.494 e. The average Bonchev–Trinajstić information content (AvgIpc) is 3.30. The van der Waals surface area contributed by atoms with Gasteiger partial charge in [0.1, 0.15) is 0 Å². The van der Waals surface area contributed by atoms with E-state index in [0.717, 1.165) is 31.6 Å². The van der Waals surface area contributed by atoms with E-state index in [9.17, 15) is 9.18 Å². The van der Waals surface area contributed by atoms with Crippen molar-refractivity contribution in [2.45, 2.75) is 26.3 Å². The summed E-state index contributed by atoms with van der Waals surface area (Å²) in [5.41, 5.74) is 3.90. The highest BCUT2D eigenvalue weighted by molar-refractivity contribution is 5.98. The molecule has 156 valence electrons. The van der Waals surface area contributed by atoms with E-state index < -0.39 is 5.82 Å². The van der Waals surface area contributed by atoms with Crippen molar-refractivity contribution in [1.29, 1.82) is 0 Å². The quantitative estimate of drug-likeness (QED) is 0.568. The maximum Gasteiger partial charge on any atom is 0.167 e. The zero-order valence-electron chi connectivity index (χ0n) is 17.3. The summed E-state index contributed by atoms with van der Waals surface area (Å²) in [6.07, 6.45) is 5.49. The molecule has 2 heterocycles. The van der Waals surface area contributed by atoms with Gasteiger partial charge in [-0.3, -0.25) is 9.69 Å². The fourth-order valence-corrected chi connectivity index (χ4v) is 4.13. The Bertz CT molecular complexity index is 1030. The lowest BCUT2D eigenvalue weighted by Gasteiger charge is -2.32. The number of likely N-dealkylation sites (tertiary alicyclic amines) is 1. The van der Waals surface area contributed by atoms with Gasteiger partial charge < -0.3 is 4.74 Å². The van der Waals surface area contributed by atoms with E-state index in [2.05, 4.69) is 35.1 Å².